The van der Waals surface area contributed by atoms with Crippen molar-refractivity contribution >= 4 is 34.4 Å². The summed E-state index contributed by atoms with van der Waals surface area (Å²) >= 11 is 5.78. The summed E-state index contributed by atoms with van der Waals surface area (Å²) in [4.78, 5) is 52.5. The van der Waals surface area contributed by atoms with Crippen LogP contribution in [0.3, 0.4) is 0 Å². The van der Waals surface area contributed by atoms with Crippen LogP contribution in [0.15, 0.2) is 39.9 Å². The molecule has 11 heteroatoms. The lowest BCUT2D eigenvalue weighted by molar-refractivity contribution is 0.0842. The van der Waals surface area contributed by atoms with E-state index in [0.29, 0.717) is 0 Å². The van der Waals surface area contributed by atoms with E-state index in [0.717, 1.165) is 9.13 Å². The van der Waals surface area contributed by atoms with Crippen LogP contribution >= 0.6 is 11.6 Å². The average Bonchev–Trinajstić information content (AvgIpc) is 2.69. The van der Waals surface area contributed by atoms with Crippen LogP contribution in [0.25, 0.3) is 11.0 Å². The van der Waals surface area contributed by atoms with Gasteiger partial charge in [0.1, 0.15) is 17.1 Å². The number of carbonyl (C=O) groups excluding carboxylic acids is 2. The molecule has 0 atom stereocenters. The summed E-state index contributed by atoms with van der Waals surface area (Å²) in [5, 5.41) is 10.1. The van der Waals surface area contributed by atoms with Crippen LogP contribution in [0.5, 0.6) is 5.75 Å². The SMILES string of the molecule is Cn1c(=O)c2ccc(C(=O)NNC(=O)c3cc(Cl)ccc3O)nc2n(C)c1=O. The molecule has 28 heavy (non-hydrogen) atoms. The van der Waals surface area contributed by atoms with Crippen LogP contribution in [-0.4, -0.2) is 31.0 Å². The van der Waals surface area contributed by atoms with Crippen LogP contribution in [0.4, 0.5) is 0 Å². The van der Waals surface area contributed by atoms with Gasteiger partial charge in [-0.1, -0.05) is 11.6 Å². The number of aromatic nitrogens is 3. The normalized spacial score (nSPS) is 10.7. The van der Waals surface area contributed by atoms with E-state index in [2.05, 4.69) is 15.8 Å². The van der Waals surface area contributed by atoms with Crippen molar-refractivity contribution in [1.29, 1.82) is 0 Å². The quantitative estimate of drug-likeness (QED) is 0.518. The highest BCUT2D eigenvalue weighted by molar-refractivity contribution is 6.31. The molecule has 0 saturated carbocycles. The van der Waals surface area contributed by atoms with Crippen molar-refractivity contribution in [2.75, 3.05) is 0 Å². The topological polar surface area (TPSA) is 135 Å². The highest BCUT2D eigenvalue weighted by Crippen LogP contribution is 2.21. The van der Waals surface area contributed by atoms with Gasteiger partial charge in [0.05, 0.1) is 10.9 Å². The zero-order valence-electron chi connectivity index (χ0n) is 14.7. The molecule has 0 bridgehead atoms. The number of rotatable bonds is 2. The first-order valence-electron chi connectivity index (χ1n) is 7.86. The molecule has 3 rings (SSSR count). The van der Waals surface area contributed by atoms with Crippen molar-refractivity contribution in [2.45, 2.75) is 0 Å². The van der Waals surface area contributed by atoms with Gasteiger partial charge in [0, 0.05) is 19.1 Å². The number of aryl methyl sites for hydroxylation is 1. The molecule has 0 fully saturated rings. The van der Waals surface area contributed by atoms with E-state index in [1.807, 2.05) is 0 Å². The molecule has 2 heterocycles. The smallest absolute Gasteiger partial charge is 0.332 e. The molecule has 0 aliphatic rings. The van der Waals surface area contributed by atoms with Gasteiger partial charge in [0.2, 0.25) is 0 Å². The third-order valence-corrected chi connectivity index (χ3v) is 4.26. The lowest BCUT2D eigenvalue weighted by atomic mass is 10.2. The summed E-state index contributed by atoms with van der Waals surface area (Å²) in [6.45, 7) is 0. The Balaban J connectivity index is 1.86. The monoisotopic (exact) mass is 403 g/mol. The number of nitrogens with one attached hydrogen (secondary N) is 2. The number of hydrazine groups is 1. The summed E-state index contributed by atoms with van der Waals surface area (Å²) in [6, 6.07) is 6.53. The number of pyridine rings is 1. The second kappa shape index (κ2) is 7.16. The number of hydrogen-bond acceptors (Lipinski definition) is 6. The number of carbonyl (C=O) groups is 2. The Labute approximate surface area is 162 Å². The molecule has 0 spiro atoms. The number of benzene rings is 1. The second-order valence-electron chi connectivity index (χ2n) is 5.84. The first kappa shape index (κ1) is 19.1. The molecule has 1 aromatic carbocycles. The van der Waals surface area contributed by atoms with Crippen LogP contribution in [-0.2, 0) is 14.1 Å². The van der Waals surface area contributed by atoms with E-state index >= 15 is 0 Å². The fourth-order valence-corrected chi connectivity index (χ4v) is 2.69. The van der Waals surface area contributed by atoms with Gasteiger partial charge in [0.25, 0.3) is 17.4 Å². The molecular weight excluding hydrogens is 390 g/mol. The van der Waals surface area contributed by atoms with Crippen molar-refractivity contribution in [1.82, 2.24) is 25.0 Å². The van der Waals surface area contributed by atoms with Gasteiger partial charge in [0.15, 0.2) is 0 Å². The molecule has 144 valence electrons. The standard InChI is InChI=1S/C17H14ClN5O5/c1-22-13-9(16(27)23(2)17(22)28)4-5-11(19-13)15(26)21-20-14(25)10-7-8(18)3-6-12(10)24/h3-7,24H,1-2H3,(H,20,25)(H,21,26). The molecule has 0 saturated heterocycles. The molecule has 3 N–H and O–H groups in total. The number of halogens is 1. The molecule has 2 amide bonds. The van der Waals surface area contributed by atoms with Gasteiger partial charge < -0.3 is 5.11 Å². The Hall–Kier alpha value is -3.66. The van der Waals surface area contributed by atoms with Crippen LogP contribution in [0.1, 0.15) is 20.8 Å². The molecule has 0 unspecified atom stereocenters. The van der Waals surface area contributed by atoms with E-state index in [4.69, 9.17) is 11.6 Å². The summed E-state index contributed by atoms with van der Waals surface area (Å²) < 4.78 is 2.07. The molecule has 0 aliphatic carbocycles. The van der Waals surface area contributed by atoms with Gasteiger partial charge >= 0.3 is 5.69 Å². The first-order chi connectivity index (χ1) is 13.2. The Morgan fingerprint density at radius 3 is 2.43 bits per heavy atom. The van der Waals surface area contributed by atoms with Gasteiger partial charge in [-0.3, -0.25) is 34.4 Å². The minimum absolute atomic E-state index is 0.0274. The first-order valence-corrected chi connectivity index (χ1v) is 8.24. The molecular formula is C17H14ClN5O5. The number of nitrogens with zero attached hydrogens (tertiary/aromatic N) is 3. The summed E-state index contributed by atoms with van der Waals surface area (Å²) in [6.07, 6.45) is 0. The third kappa shape index (κ3) is 3.32. The Kier molecular flexibility index (Phi) is 4.89. The second-order valence-corrected chi connectivity index (χ2v) is 6.28. The fraction of sp³-hybridized carbons (Fsp3) is 0.118. The minimum atomic E-state index is -0.796. The van der Waals surface area contributed by atoms with Crippen molar-refractivity contribution < 1.29 is 14.7 Å². The molecule has 2 aromatic heterocycles. The van der Waals surface area contributed by atoms with Gasteiger partial charge in [-0.25, -0.2) is 9.78 Å². The Bertz CT molecular complexity index is 1250. The van der Waals surface area contributed by atoms with E-state index in [1.54, 1.807) is 0 Å². The lowest BCUT2D eigenvalue weighted by Crippen LogP contribution is -2.42. The maximum absolute atomic E-state index is 12.3. The third-order valence-electron chi connectivity index (χ3n) is 4.03. The van der Waals surface area contributed by atoms with Crippen molar-refractivity contribution in [3.05, 3.63) is 67.4 Å². The van der Waals surface area contributed by atoms with Crippen molar-refractivity contribution in [2.24, 2.45) is 14.1 Å². The van der Waals surface area contributed by atoms with E-state index in [1.165, 1.54) is 44.4 Å². The Morgan fingerprint density at radius 2 is 1.71 bits per heavy atom. The number of hydrogen-bond donors (Lipinski definition) is 3. The predicted molar refractivity (Wildman–Crippen MR) is 100 cm³/mol. The summed E-state index contributed by atoms with van der Waals surface area (Å²) in [7, 11) is 2.76. The average molecular weight is 404 g/mol. The van der Waals surface area contributed by atoms with Crippen LogP contribution in [0, 0.1) is 0 Å². The van der Waals surface area contributed by atoms with Crippen LogP contribution < -0.4 is 22.1 Å². The number of amides is 2. The number of phenolic OH excluding ortho intramolecular Hbond substituents is 1. The maximum atomic E-state index is 12.3. The minimum Gasteiger partial charge on any atom is -0.507 e. The number of aromatic hydroxyl groups is 1. The van der Waals surface area contributed by atoms with Crippen LogP contribution in [0.2, 0.25) is 5.02 Å². The molecule has 10 nitrogen and oxygen atoms in total. The van der Waals surface area contributed by atoms with E-state index in [9.17, 15) is 24.3 Å². The molecule has 0 radical (unpaired) electrons. The number of fused-ring (bicyclic) bond motifs is 1. The lowest BCUT2D eigenvalue weighted by Gasteiger charge is -2.10. The zero-order chi connectivity index (χ0) is 20.6. The zero-order valence-corrected chi connectivity index (χ0v) is 15.4. The van der Waals surface area contributed by atoms with Gasteiger partial charge in [-0.15, -0.1) is 0 Å². The van der Waals surface area contributed by atoms with Gasteiger partial charge in [-0.2, -0.15) is 0 Å². The molecule has 3 aromatic rings. The summed E-state index contributed by atoms with van der Waals surface area (Å²) in [5.41, 5.74) is 2.90. The largest absolute Gasteiger partial charge is 0.507 e. The van der Waals surface area contributed by atoms with Crippen molar-refractivity contribution in [3.8, 4) is 5.75 Å². The van der Waals surface area contributed by atoms with Gasteiger partial charge in [-0.05, 0) is 30.3 Å². The Morgan fingerprint density at radius 1 is 1.04 bits per heavy atom. The highest BCUT2D eigenvalue weighted by atomic mass is 35.5. The van der Waals surface area contributed by atoms with E-state index in [-0.39, 0.29) is 33.1 Å². The molecule has 0 aliphatic heterocycles. The summed E-state index contributed by atoms with van der Waals surface area (Å²) in [5.74, 6) is -1.90. The highest BCUT2D eigenvalue weighted by Gasteiger charge is 2.16. The fourth-order valence-electron chi connectivity index (χ4n) is 2.52. The predicted octanol–water partition coefficient (Wildman–Crippen LogP) is 0.0660. The van der Waals surface area contributed by atoms with Crippen molar-refractivity contribution in [3.63, 3.8) is 0 Å². The number of phenols is 1. The maximum Gasteiger partial charge on any atom is 0.332 e. The van der Waals surface area contributed by atoms with E-state index < -0.39 is 23.1 Å².